The fourth-order valence-corrected chi connectivity index (χ4v) is 4.21. The molecular formula is C17H30N2S. The van der Waals surface area contributed by atoms with Crippen LogP contribution in [0.2, 0.25) is 0 Å². The number of rotatable bonds is 7. The highest BCUT2D eigenvalue weighted by atomic mass is 32.1. The van der Waals surface area contributed by atoms with Crippen molar-refractivity contribution >= 4 is 11.3 Å². The van der Waals surface area contributed by atoms with Gasteiger partial charge < -0.3 is 5.32 Å². The van der Waals surface area contributed by atoms with Crippen LogP contribution in [0, 0.1) is 11.8 Å². The minimum atomic E-state index is 0.499. The molecule has 114 valence electrons. The van der Waals surface area contributed by atoms with Gasteiger partial charge in [0.15, 0.2) is 0 Å². The molecule has 2 atom stereocenters. The molecule has 0 bridgehead atoms. The molecule has 0 radical (unpaired) electrons. The first-order valence-electron chi connectivity index (χ1n) is 8.10. The number of hydrogen-bond donors (Lipinski definition) is 1. The van der Waals surface area contributed by atoms with Gasteiger partial charge in [-0.25, -0.2) is 0 Å². The lowest BCUT2D eigenvalue weighted by molar-refractivity contribution is 0.178. The SMILES string of the molecule is CC(C)C(NCC(C(C)C)N1CCCC1)c1cccs1. The summed E-state index contributed by atoms with van der Waals surface area (Å²) in [5.41, 5.74) is 0. The highest BCUT2D eigenvalue weighted by Crippen LogP contribution is 2.26. The largest absolute Gasteiger partial charge is 0.307 e. The van der Waals surface area contributed by atoms with Crippen LogP contribution in [0.3, 0.4) is 0 Å². The molecule has 0 spiro atoms. The molecular weight excluding hydrogens is 264 g/mol. The molecule has 0 saturated carbocycles. The predicted molar refractivity (Wildman–Crippen MR) is 89.3 cm³/mol. The van der Waals surface area contributed by atoms with Crippen LogP contribution in [0.5, 0.6) is 0 Å². The molecule has 1 aromatic rings. The van der Waals surface area contributed by atoms with Crippen LogP contribution >= 0.6 is 11.3 Å². The van der Waals surface area contributed by atoms with E-state index in [1.54, 1.807) is 0 Å². The van der Waals surface area contributed by atoms with Crippen molar-refractivity contribution in [2.75, 3.05) is 19.6 Å². The number of nitrogens with zero attached hydrogens (tertiary/aromatic N) is 1. The summed E-state index contributed by atoms with van der Waals surface area (Å²) in [5.74, 6) is 1.36. The average molecular weight is 295 g/mol. The van der Waals surface area contributed by atoms with E-state index in [2.05, 4.69) is 55.4 Å². The lowest BCUT2D eigenvalue weighted by atomic mass is 9.99. The first kappa shape index (κ1) is 16.0. The monoisotopic (exact) mass is 294 g/mol. The molecule has 1 aromatic heterocycles. The molecule has 2 unspecified atom stereocenters. The molecule has 2 rings (SSSR count). The molecule has 2 heterocycles. The molecule has 1 N–H and O–H groups in total. The molecule has 0 amide bonds. The Bertz CT molecular complexity index is 366. The average Bonchev–Trinajstić information content (AvgIpc) is 3.06. The molecule has 1 saturated heterocycles. The van der Waals surface area contributed by atoms with Crippen LogP contribution in [0.25, 0.3) is 0 Å². The normalized spacial score (nSPS) is 19.9. The zero-order chi connectivity index (χ0) is 14.5. The Morgan fingerprint density at radius 3 is 2.35 bits per heavy atom. The van der Waals surface area contributed by atoms with E-state index in [1.807, 2.05) is 11.3 Å². The van der Waals surface area contributed by atoms with Crippen molar-refractivity contribution in [1.82, 2.24) is 10.2 Å². The van der Waals surface area contributed by atoms with Crippen molar-refractivity contribution in [3.8, 4) is 0 Å². The van der Waals surface area contributed by atoms with Crippen molar-refractivity contribution in [3.63, 3.8) is 0 Å². The third kappa shape index (κ3) is 4.06. The molecule has 20 heavy (non-hydrogen) atoms. The van der Waals surface area contributed by atoms with Gasteiger partial charge in [-0.15, -0.1) is 11.3 Å². The van der Waals surface area contributed by atoms with E-state index < -0.39 is 0 Å². The summed E-state index contributed by atoms with van der Waals surface area (Å²) < 4.78 is 0. The molecule has 3 heteroatoms. The maximum Gasteiger partial charge on any atom is 0.0438 e. The fraction of sp³-hybridized carbons (Fsp3) is 0.765. The van der Waals surface area contributed by atoms with Crippen molar-refractivity contribution in [1.29, 1.82) is 0 Å². The molecule has 0 aromatic carbocycles. The lowest BCUT2D eigenvalue weighted by Gasteiger charge is -2.33. The summed E-state index contributed by atoms with van der Waals surface area (Å²) in [6, 6.07) is 5.61. The van der Waals surface area contributed by atoms with Gasteiger partial charge in [0, 0.05) is 23.5 Å². The van der Waals surface area contributed by atoms with Crippen molar-refractivity contribution < 1.29 is 0 Å². The first-order valence-corrected chi connectivity index (χ1v) is 8.98. The maximum absolute atomic E-state index is 3.85. The molecule has 1 fully saturated rings. The van der Waals surface area contributed by atoms with E-state index >= 15 is 0 Å². The van der Waals surface area contributed by atoms with E-state index in [4.69, 9.17) is 0 Å². The van der Waals surface area contributed by atoms with Gasteiger partial charge in [0.25, 0.3) is 0 Å². The zero-order valence-electron chi connectivity index (χ0n) is 13.4. The minimum Gasteiger partial charge on any atom is -0.307 e. The third-order valence-electron chi connectivity index (χ3n) is 4.44. The predicted octanol–water partition coefficient (Wildman–Crippen LogP) is 4.16. The summed E-state index contributed by atoms with van der Waals surface area (Å²) in [7, 11) is 0. The van der Waals surface area contributed by atoms with Crippen LogP contribution in [-0.4, -0.2) is 30.6 Å². The topological polar surface area (TPSA) is 15.3 Å². The Morgan fingerprint density at radius 1 is 1.15 bits per heavy atom. The van der Waals surface area contributed by atoms with Gasteiger partial charge in [0.05, 0.1) is 0 Å². The van der Waals surface area contributed by atoms with Gasteiger partial charge in [-0.05, 0) is 49.2 Å². The van der Waals surface area contributed by atoms with Crippen molar-refractivity contribution in [3.05, 3.63) is 22.4 Å². The van der Waals surface area contributed by atoms with Gasteiger partial charge in [0.2, 0.25) is 0 Å². The van der Waals surface area contributed by atoms with E-state index in [0.29, 0.717) is 18.0 Å². The number of likely N-dealkylation sites (tertiary alicyclic amines) is 1. The summed E-state index contributed by atoms with van der Waals surface area (Å²) in [5, 5.41) is 6.04. The van der Waals surface area contributed by atoms with E-state index in [0.717, 1.165) is 12.5 Å². The summed E-state index contributed by atoms with van der Waals surface area (Å²) in [6.45, 7) is 13.0. The van der Waals surface area contributed by atoms with Gasteiger partial charge >= 0.3 is 0 Å². The third-order valence-corrected chi connectivity index (χ3v) is 5.40. The highest BCUT2D eigenvalue weighted by Gasteiger charge is 2.26. The van der Waals surface area contributed by atoms with Crippen LogP contribution in [0.1, 0.15) is 51.5 Å². The second-order valence-electron chi connectivity index (χ2n) is 6.70. The number of hydrogen-bond acceptors (Lipinski definition) is 3. The quantitative estimate of drug-likeness (QED) is 0.812. The van der Waals surface area contributed by atoms with Gasteiger partial charge in [-0.1, -0.05) is 33.8 Å². The van der Waals surface area contributed by atoms with E-state index in [-0.39, 0.29) is 0 Å². The first-order chi connectivity index (χ1) is 9.59. The smallest absolute Gasteiger partial charge is 0.0438 e. The Labute approximate surface area is 128 Å². The van der Waals surface area contributed by atoms with E-state index in [9.17, 15) is 0 Å². The molecule has 1 aliphatic heterocycles. The van der Waals surface area contributed by atoms with Gasteiger partial charge in [0.1, 0.15) is 0 Å². The van der Waals surface area contributed by atoms with Crippen molar-refractivity contribution in [2.24, 2.45) is 11.8 Å². The molecule has 2 nitrogen and oxygen atoms in total. The maximum atomic E-state index is 3.85. The molecule has 1 aliphatic rings. The standard InChI is InChI=1S/C17H30N2S/c1-13(2)15(19-9-5-6-10-19)12-18-17(14(3)4)16-8-7-11-20-16/h7-8,11,13-15,17-18H,5-6,9-10,12H2,1-4H3. The van der Waals surface area contributed by atoms with Gasteiger partial charge in [-0.3, -0.25) is 4.90 Å². The summed E-state index contributed by atoms with van der Waals surface area (Å²) in [4.78, 5) is 4.16. The van der Waals surface area contributed by atoms with Gasteiger partial charge in [-0.2, -0.15) is 0 Å². The molecule has 0 aliphatic carbocycles. The summed E-state index contributed by atoms with van der Waals surface area (Å²) in [6.07, 6.45) is 2.75. The van der Waals surface area contributed by atoms with Crippen molar-refractivity contribution in [2.45, 2.75) is 52.6 Å². The van der Waals surface area contributed by atoms with E-state index in [1.165, 1.54) is 30.8 Å². The lowest BCUT2D eigenvalue weighted by Crippen LogP contribution is -2.45. The van der Waals surface area contributed by atoms with Crippen LogP contribution < -0.4 is 5.32 Å². The number of nitrogens with one attached hydrogen (secondary N) is 1. The Hall–Kier alpha value is -0.380. The zero-order valence-corrected chi connectivity index (χ0v) is 14.2. The summed E-state index contributed by atoms with van der Waals surface area (Å²) >= 11 is 1.88. The Balaban J connectivity index is 1.96. The fourth-order valence-electron chi connectivity index (χ4n) is 3.24. The Morgan fingerprint density at radius 2 is 1.85 bits per heavy atom. The van der Waals surface area contributed by atoms with Crippen LogP contribution in [-0.2, 0) is 0 Å². The second kappa shape index (κ2) is 7.58. The minimum absolute atomic E-state index is 0.499. The van der Waals surface area contributed by atoms with Crippen LogP contribution in [0.4, 0.5) is 0 Å². The number of thiophene rings is 1. The van der Waals surface area contributed by atoms with Crippen LogP contribution in [0.15, 0.2) is 17.5 Å². The highest BCUT2D eigenvalue weighted by molar-refractivity contribution is 7.10. The second-order valence-corrected chi connectivity index (χ2v) is 7.68. The Kier molecular flexibility index (Phi) is 6.06.